The number of nitrogens with one attached hydrogen (secondary N) is 1. The smallest absolute Gasteiger partial charge is 0.176 e. The maximum atomic E-state index is 12.6. The molecule has 1 atom stereocenters. The summed E-state index contributed by atoms with van der Waals surface area (Å²) in [4.78, 5) is 13.2. The maximum absolute atomic E-state index is 12.6. The molecule has 0 aliphatic heterocycles. The number of aliphatic hydroxyl groups excluding tert-OH is 1. The largest absolute Gasteiger partial charge is 0.489 e. The van der Waals surface area contributed by atoms with E-state index in [0.717, 1.165) is 30.5 Å². The first-order chi connectivity index (χ1) is 12.1. The summed E-state index contributed by atoms with van der Waals surface area (Å²) in [7, 11) is 0. The molecule has 0 saturated carbocycles. The summed E-state index contributed by atoms with van der Waals surface area (Å²) >= 11 is 1.42. The average Bonchev–Trinajstić information content (AvgIpc) is 3.00. The molecule has 0 aliphatic carbocycles. The number of halogens is 1. The lowest BCUT2D eigenvalue weighted by Gasteiger charge is -2.14. The standard InChI is InChI=1S/C20H27NO3S.ClH/c1-3-11-21-12-17(22)13-24-19-15(2)14-25-20(19)18(23)10-9-16-7-5-4-6-8-16;/h4-8,14,17,21-22H,3,9-13H2,1-2H3;1H. The molecule has 1 unspecified atom stereocenters. The second kappa shape index (κ2) is 12.1. The lowest BCUT2D eigenvalue weighted by Crippen LogP contribution is -2.32. The molecule has 0 radical (unpaired) electrons. The number of Topliss-reactive ketones (excluding diaryl/α,β-unsaturated/α-hetero) is 1. The fourth-order valence-corrected chi connectivity index (χ4v) is 3.47. The molecule has 144 valence electrons. The number of ketones is 1. The summed E-state index contributed by atoms with van der Waals surface area (Å²) in [5.74, 6) is 0.716. The van der Waals surface area contributed by atoms with E-state index in [1.165, 1.54) is 11.3 Å². The number of hydrogen-bond donors (Lipinski definition) is 2. The molecule has 0 fully saturated rings. The minimum atomic E-state index is -0.585. The molecule has 6 heteroatoms. The Labute approximate surface area is 166 Å². The Hall–Kier alpha value is -1.40. The number of aryl methyl sites for hydroxylation is 2. The second-order valence-electron chi connectivity index (χ2n) is 6.15. The average molecular weight is 398 g/mol. The van der Waals surface area contributed by atoms with Gasteiger partial charge in [0.25, 0.3) is 0 Å². The monoisotopic (exact) mass is 397 g/mol. The van der Waals surface area contributed by atoms with Crippen LogP contribution in [-0.4, -0.2) is 36.7 Å². The van der Waals surface area contributed by atoms with Crippen LogP contribution in [0, 0.1) is 6.92 Å². The van der Waals surface area contributed by atoms with Crippen LogP contribution in [0.25, 0.3) is 0 Å². The van der Waals surface area contributed by atoms with E-state index in [-0.39, 0.29) is 24.8 Å². The third-order valence-corrected chi connectivity index (χ3v) is 5.00. The molecule has 0 bridgehead atoms. The van der Waals surface area contributed by atoms with Gasteiger partial charge in [0.2, 0.25) is 0 Å². The lowest BCUT2D eigenvalue weighted by atomic mass is 10.1. The van der Waals surface area contributed by atoms with Crippen LogP contribution < -0.4 is 10.1 Å². The van der Waals surface area contributed by atoms with Crippen molar-refractivity contribution in [3.05, 3.63) is 51.7 Å². The number of carbonyl (C=O) groups is 1. The molecule has 4 nitrogen and oxygen atoms in total. The van der Waals surface area contributed by atoms with Crippen LogP contribution in [0.15, 0.2) is 35.7 Å². The van der Waals surface area contributed by atoms with Gasteiger partial charge >= 0.3 is 0 Å². The number of thiophene rings is 1. The van der Waals surface area contributed by atoms with Crippen molar-refractivity contribution >= 4 is 29.5 Å². The third-order valence-electron chi connectivity index (χ3n) is 3.88. The van der Waals surface area contributed by atoms with Crippen molar-refractivity contribution in [1.29, 1.82) is 0 Å². The van der Waals surface area contributed by atoms with E-state index in [0.29, 0.717) is 23.6 Å². The van der Waals surface area contributed by atoms with E-state index in [2.05, 4.69) is 12.2 Å². The molecule has 1 aromatic heterocycles. The Bertz CT molecular complexity index is 660. The Morgan fingerprint density at radius 3 is 2.73 bits per heavy atom. The first kappa shape index (κ1) is 22.6. The topological polar surface area (TPSA) is 58.6 Å². The summed E-state index contributed by atoms with van der Waals surface area (Å²) in [5, 5.41) is 15.1. The highest BCUT2D eigenvalue weighted by atomic mass is 35.5. The Morgan fingerprint density at radius 1 is 1.31 bits per heavy atom. The molecule has 0 aliphatic rings. The van der Waals surface area contributed by atoms with Crippen molar-refractivity contribution in [2.24, 2.45) is 0 Å². The number of carbonyl (C=O) groups excluding carboxylic acids is 1. The molecule has 26 heavy (non-hydrogen) atoms. The van der Waals surface area contributed by atoms with Crippen LogP contribution in [-0.2, 0) is 6.42 Å². The molecular weight excluding hydrogens is 370 g/mol. The van der Waals surface area contributed by atoms with Crippen LogP contribution >= 0.6 is 23.7 Å². The maximum Gasteiger partial charge on any atom is 0.176 e. The van der Waals surface area contributed by atoms with Gasteiger partial charge in [0.05, 0.1) is 0 Å². The molecule has 0 saturated heterocycles. The van der Waals surface area contributed by atoms with Gasteiger partial charge < -0.3 is 15.2 Å². The van der Waals surface area contributed by atoms with E-state index >= 15 is 0 Å². The van der Waals surface area contributed by atoms with Crippen molar-refractivity contribution in [2.75, 3.05) is 19.7 Å². The summed E-state index contributed by atoms with van der Waals surface area (Å²) in [6.07, 6.45) is 1.62. The molecule has 2 N–H and O–H groups in total. The summed E-state index contributed by atoms with van der Waals surface area (Å²) in [6.45, 7) is 5.57. The molecule has 2 aromatic rings. The zero-order valence-electron chi connectivity index (χ0n) is 15.4. The van der Waals surface area contributed by atoms with E-state index < -0.39 is 6.10 Å². The van der Waals surface area contributed by atoms with Crippen LogP contribution in [0.5, 0.6) is 5.75 Å². The highest BCUT2D eigenvalue weighted by Gasteiger charge is 2.18. The fourth-order valence-electron chi connectivity index (χ4n) is 2.51. The van der Waals surface area contributed by atoms with Gasteiger partial charge in [0.15, 0.2) is 5.78 Å². The molecular formula is C20H28ClNO3S. The van der Waals surface area contributed by atoms with Gasteiger partial charge in [-0.2, -0.15) is 0 Å². The van der Waals surface area contributed by atoms with Gasteiger partial charge in [-0.3, -0.25) is 4.79 Å². The molecule has 1 aromatic carbocycles. The predicted octanol–water partition coefficient (Wildman–Crippen LogP) is 4.03. The van der Waals surface area contributed by atoms with Crippen molar-refractivity contribution in [3.8, 4) is 5.75 Å². The zero-order valence-corrected chi connectivity index (χ0v) is 17.0. The van der Waals surface area contributed by atoms with Crippen LogP contribution in [0.1, 0.15) is 40.6 Å². The van der Waals surface area contributed by atoms with Crippen LogP contribution in [0.3, 0.4) is 0 Å². The van der Waals surface area contributed by atoms with E-state index in [1.807, 2.05) is 42.6 Å². The van der Waals surface area contributed by atoms with Gasteiger partial charge in [-0.1, -0.05) is 37.3 Å². The zero-order chi connectivity index (χ0) is 18.1. The first-order valence-corrected chi connectivity index (χ1v) is 9.66. The SMILES string of the molecule is CCCNCC(O)COc1c(C)csc1C(=O)CCc1ccccc1.Cl. The quantitative estimate of drug-likeness (QED) is 0.444. The Balaban J connectivity index is 0.00000338. The van der Waals surface area contributed by atoms with Crippen LogP contribution in [0.2, 0.25) is 0 Å². The summed E-state index contributed by atoms with van der Waals surface area (Å²) in [5.41, 5.74) is 2.10. The van der Waals surface area contributed by atoms with Crippen molar-refractivity contribution in [3.63, 3.8) is 0 Å². The molecule has 2 rings (SSSR count). The van der Waals surface area contributed by atoms with Crippen molar-refractivity contribution in [1.82, 2.24) is 5.32 Å². The van der Waals surface area contributed by atoms with E-state index in [4.69, 9.17) is 4.74 Å². The Kier molecular flexibility index (Phi) is 10.5. The predicted molar refractivity (Wildman–Crippen MR) is 110 cm³/mol. The second-order valence-corrected chi connectivity index (χ2v) is 7.03. The summed E-state index contributed by atoms with van der Waals surface area (Å²) in [6, 6.07) is 10.0. The molecule has 0 spiro atoms. The van der Waals surface area contributed by atoms with Gasteiger partial charge in [-0.05, 0) is 37.3 Å². The minimum absolute atomic E-state index is 0. The number of benzene rings is 1. The number of ether oxygens (including phenoxy) is 1. The number of aliphatic hydroxyl groups is 1. The van der Waals surface area contributed by atoms with Gasteiger partial charge in [-0.15, -0.1) is 23.7 Å². The van der Waals surface area contributed by atoms with E-state index in [9.17, 15) is 9.90 Å². The van der Waals surface area contributed by atoms with Gasteiger partial charge in [0, 0.05) is 18.5 Å². The number of rotatable bonds is 11. The Morgan fingerprint density at radius 2 is 2.04 bits per heavy atom. The highest BCUT2D eigenvalue weighted by Crippen LogP contribution is 2.31. The normalized spacial score (nSPS) is 11.7. The first-order valence-electron chi connectivity index (χ1n) is 8.78. The van der Waals surface area contributed by atoms with Gasteiger partial charge in [-0.25, -0.2) is 0 Å². The number of hydrogen-bond acceptors (Lipinski definition) is 5. The van der Waals surface area contributed by atoms with E-state index in [1.54, 1.807) is 0 Å². The van der Waals surface area contributed by atoms with Crippen molar-refractivity contribution in [2.45, 2.75) is 39.2 Å². The third kappa shape index (κ3) is 7.08. The fraction of sp³-hybridized carbons (Fsp3) is 0.450. The molecule has 0 amide bonds. The van der Waals surface area contributed by atoms with Gasteiger partial charge in [0.1, 0.15) is 23.3 Å². The lowest BCUT2D eigenvalue weighted by molar-refractivity contribution is 0.0955. The summed E-state index contributed by atoms with van der Waals surface area (Å²) < 4.78 is 5.77. The molecule has 1 heterocycles. The van der Waals surface area contributed by atoms with Crippen LogP contribution in [0.4, 0.5) is 0 Å². The van der Waals surface area contributed by atoms with Crippen molar-refractivity contribution < 1.29 is 14.6 Å². The highest BCUT2D eigenvalue weighted by molar-refractivity contribution is 7.12. The minimum Gasteiger partial charge on any atom is -0.489 e.